The van der Waals surface area contributed by atoms with Crippen LogP contribution in [0, 0.1) is 0 Å². The van der Waals surface area contributed by atoms with Crippen LogP contribution >= 0.6 is 0 Å². The highest BCUT2D eigenvalue weighted by atomic mass is 16.5. The first-order chi connectivity index (χ1) is 12.1. The quantitative estimate of drug-likeness (QED) is 0.725. The molecule has 5 nitrogen and oxygen atoms in total. The highest BCUT2D eigenvalue weighted by Crippen LogP contribution is 2.27. The van der Waals surface area contributed by atoms with Gasteiger partial charge in [-0.25, -0.2) is 0 Å². The van der Waals surface area contributed by atoms with Crippen molar-refractivity contribution < 1.29 is 19.1 Å². The number of hydrogen-bond donors (Lipinski definition) is 0. The van der Waals surface area contributed by atoms with Crippen LogP contribution in [0.1, 0.15) is 24.0 Å². The van der Waals surface area contributed by atoms with Gasteiger partial charge in [-0.3, -0.25) is 9.59 Å². The number of nitrogens with zero attached hydrogens (tertiary/aromatic N) is 1. The minimum atomic E-state index is -0.476. The minimum absolute atomic E-state index is 0.173. The third-order valence-corrected chi connectivity index (χ3v) is 3.91. The predicted molar refractivity (Wildman–Crippen MR) is 96.6 cm³/mol. The molecule has 132 valence electrons. The Labute approximate surface area is 148 Å². The number of methoxy groups -OCH3 is 1. The summed E-state index contributed by atoms with van der Waals surface area (Å²) in [6.45, 7) is 2.32. The molecule has 0 saturated heterocycles. The molecule has 2 aromatic carbocycles. The summed E-state index contributed by atoms with van der Waals surface area (Å²) >= 11 is 0. The first-order valence-electron chi connectivity index (χ1n) is 8.16. The van der Waals surface area contributed by atoms with Crippen LogP contribution in [0.4, 0.5) is 5.69 Å². The summed E-state index contributed by atoms with van der Waals surface area (Å²) < 4.78 is 9.93. The number of ether oxygens (including phenoxy) is 2. The molecule has 0 spiro atoms. The lowest BCUT2D eigenvalue weighted by Crippen LogP contribution is -2.27. The van der Waals surface area contributed by atoms with Gasteiger partial charge in [-0.05, 0) is 30.2 Å². The molecule has 0 amide bonds. The van der Waals surface area contributed by atoms with Crippen LogP contribution in [0.3, 0.4) is 0 Å². The molecular formula is C20H23NO4. The first kappa shape index (κ1) is 18.5. The molecule has 0 heterocycles. The topological polar surface area (TPSA) is 55.8 Å². The maximum absolute atomic E-state index is 12.3. The number of anilines is 1. The Hall–Kier alpha value is -2.82. The largest absolute Gasteiger partial charge is 0.468 e. The van der Waals surface area contributed by atoms with Crippen LogP contribution in [0.2, 0.25) is 0 Å². The zero-order valence-corrected chi connectivity index (χ0v) is 14.8. The van der Waals surface area contributed by atoms with Gasteiger partial charge in [0, 0.05) is 12.7 Å². The number of benzene rings is 2. The normalized spacial score (nSPS) is 11.5. The predicted octanol–water partition coefficient (Wildman–Crippen LogP) is 2.99. The van der Waals surface area contributed by atoms with Gasteiger partial charge in [0.15, 0.2) is 0 Å². The van der Waals surface area contributed by atoms with Gasteiger partial charge in [-0.2, -0.15) is 0 Å². The number of hydrogen-bond acceptors (Lipinski definition) is 5. The fourth-order valence-electron chi connectivity index (χ4n) is 2.64. The van der Waals surface area contributed by atoms with Gasteiger partial charge in [0.2, 0.25) is 0 Å². The molecule has 0 N–H and O–H groups in total. The van der Waals surface area contributed by atoms with E-state index in [4.69, 9.17) is 9.47 Å². The van der Waals surface area contributed by atoms with Gasteiger partial charge in [0.1, 0.15) is 12.5 Å². The third kappa shape index (κ3) is 4.83. The van der Waals surface area contributed by atoms with Gasteiger partial charge in [-0.1, -0.05) is 42.5 Å². The van der Waals surface area contributed by atoms with E-state index < -0.39 is 5.92 Å². The smallest absolute Gasteiger partial charge is 0.325 e. The van der Waals surface area contributed by atoms with Crippen molar-refractivity contribution in [2.24, 2.45) is 0 Å². The fourth-order valence-corrected chi connectivity index (χ4v) is 2.64. The van der Waals surface area contributed by atoms with Crippen molar-refractivity contribution >= 4 is 17.6 Å². The minimum Gasteiger partial charge on any atom is -0.468 e. The van der Waals surface area contributed by atoms with Crippen LogP contribution in [-0.2, 0) is 19.1 Å². The number of likely N-dealkylation sites (N-methyl/N-ethyl adjacent to an activating group) is 1. The number of esters is 2. The molecule has 2 rings (SSSR count). The monoisotopic (exact) mass is 341 g/mol. The van der Waals surface area contributed by atoms with E-state index in [0.717, 1.165) is 16.8 Å². The molecule has 5 heteroatoms. The summed E-state index contributed by atoms with van der Waals surface area (Å²) in [4.78, 5) is 25.6. The van der Waals surface area contributed by atoms with E-state index >= 15 is 0 Å². The van der Waals surface area contributed by atoms with Crippen molar-refractivity contribution in [1.29, 1.82) is 0 Å². The van der Waals surface area contributed by atoms with Gasteiger partial charge in [-0.15, -0.1) is 0 Å². The SMILES string of the molecule is CCOC(=O)CN(C)c1ccc(C(C(=O)OC)c2ccccc2)cc1. The maximum atomic E-state index is 12.3. The average Bonchev–Trinajstić information content (AvgIpc) is 2.63. The molecule has 0 aromatic heterocycles. The second kappa shape index (κ2) is 8.87. The van der Waals surface area contributed by atoms with Gasteiger partial charge in [0.05, 0.1) is 13.7 Å². The van der Waals surface area contributed by atoms with Gasteiger partial charge in [0.25, 0.3) is 0 Å². The average molecular weight is 341 g/mol. The molecule has 2 aromatic rings. The standard InChI is InChI=1S/C20H23NO4/c1-4-25-18(22)14-21(2)17-12-10-16(11-13-17)19(20(23)24-3)15-8-6-5-7-9-15/h5-13,19H,4,14H2,1-3H3. The molecule has 0 aliphatic carbocycles. The lowest BCUT2D eigenvalue weighted by molar-refractivity contribution is -0.142. The van der Waals surface area contributed by atoms with E-state index in [2.05, 4.69) is 0 Å². The van der Waals surface area contributed by atoms with Crippen LogP contribution in [0.25, 0.3) is 0 Å². The summed E-state index contributed by atoms with van der Waals surface area (Å²) in [6, 6.07) is 17.0. The van der Waals surface area contributed by atoms with Crippen molar-refractivity contribution in [2.75, 3.05) is 32.2 Å². The van der Waals surface area contributed by atoms with Crippen molar-refractivity contribution in [3.05, 3.63) is 65.7 Å². The Morgan fingerprint density at radius 1 is 1.00 bits per heavy atom. The summed E-state index contributed by atoms with van der Waals surface area (Å²) in [5.74, 6) is -1.06. The Kier molecular flexibility index (Phi) is 6.57. The highest BCUT2D eigenvalue weighted by molar-refractivity contribution is 5.82. The van der Waals surface area contributed by atoms with E-state index in [9.17, 15) is 9.59 Å². The van der Waals surface area contributed by atoms with Crippen LogP contribution in [0.15, 0.2) is 54.6 Å². The summed E-state index contributed by atoms with van der Waals surface area (Å²) in [6.07, 6.45) is 0. The van der Waals surface area contributed by atoms with E-state index in [-0.39, 0.29) is 18.5 Å². The fraction of sp³-hybridized carbons (Fsp3) is 0.300. The van der Waals surface area contributed by atoms with E-state index in [1.807, 2.05) is 61.6 Å². The lowest BCUT2D eigenvalue weighted by atomic mass is 9.91. The van der Waals surface area contributed by atoms with Crippen molar-refractivity contribution in [1.82, 2.24) is 0 Å². The first-order valence-corrected chi connectivity index (χ1v) is 8.16. The van der Waals surface area contributed by atoms with Crippen molar-refractivity contribution in [3.8, 4) is 0 Å². The third-order valence-electron chi connectivity index (χ3n) is 3.91. The lowest BCUT2D eigenvalue weighted by Gasteiger charge is -2.20. The Morgan fingerprint density at radius 2 is 1.60 bits per heavy atom. The number of rotatable bonds is 7. The molecule has 0 bridgehead atoms. The molecule has 0 saturated carbocycles. The Bertz CT molecular complexity index is 697. The van der Waals surface area contributed by atoms with Gasteiger partial charge >= 0.3 is 11.9 Å². The highest BCUT2D eigenvalue weighted by Gasteiger charge is 2.23. The molecular weight excluding hydrogens is 318 g/mol. The molecule has 1 unspecified atom stereocenters. The Morgan fingerprint density at radius 3 is 2.16 bits per heavy atom. The molecule has 0 radical (unpaired) electrons. The summed E-state index contributed by atoms with van der Waals surface area (Å²) in [5.41, 5.74) is 2.58. The van der Waals surface area contributed by atoms with Crippen molar-refractivity contribution in [2.45, 2.75) is 12.8 Å². The maximum Gasteiger partial charge on any atom is 0.325 e. The van der Waals surface area contributed by atoms with Gasteiger partial charge < -0.3 is 14.4 Å². The van der Waals surface area contributed by atoms with E-state index in [0.29, 0.717) is 6.61 Å². The summed E-state index contributed by atoms with van der Waals surface area (Å²) in [5, 5.41) is 0. The summed E-state index contributed by atoms with van der Waals surface area (Å²) in [7, 11) is 3.21. The van der Waals surface area contributed by atoms with Crippen molar-refractivity contribution in [3.63, 3.8) is 0 Å². The molecule has 0 aliphatic rings. The second-order valence-corrected chi connectivity index (χ2v) is 5.62. The number of carbonyl (C=O) groups is 2. The van der Waals surface area contributed by atoms with E-state index in [1.54, 1.807) is 11.8 Å². The Balaban J connectivity index is 2.21. The zero-order chi connectivity index (χ0) is 18.2. The van der Waals surface area contributed by atoms with Crippen LogP contribution < -0.4 is 4.90 Å². The van der Waals surface area contributed by atoms with Crippen LogP contribution in [-0.4, -0.2) is 39.2 Å². The van der Waals surface area contributed by atoms with E-state index in [1.165, 1.54) is 7.11 Å². The molecule has 0 fully saturated rings. The zero-order valence-electron chi connectivity index (χ0n) is 14.8. The number of carbonyl (C=O) groups excluding carboxylic acids is 2. The molecule has 1 atom stereocenters. The molecule has 0 aliphatic heterocycles. The molecule has 25 heavy (non-hydrogen) atoms. The van der Waals surface area contributed by atoms with Crippen LogP contribution in [0.5, 0.6) is 0 Å². The second-order valence-electron chi connectivity index (χ2n) is 5.62.